The molecule has 0 aliphatic rings. The summed E-state index contributed by atoms with van der Waals surface area (Å²) >= 11 is 0. The van der Waals surface area contributed by atoms with E-state index in [2.05, 4.69) is 3.63 Å². The van der Waals surface area contributed by atoms with Crippen LogP contribution in [0.2, 0.25) is 0 Å². The lowest BCUT2D eigenvalue weighted by Crippen LogP contribution is -2.26. The Morgan fingerprint density at radius 2 is 1.42 bits per heavy atom. The van der Waals surface area contributed by atoms with Gasteiger partial charge in [0.25, 0.3) is 0 Å². The van der Waals surface area contributed by atoms with Crippen LogP contribution in [0.5, 0.6) is 0 Å². The largest absolute Gasteiger partial charge is 0.523 e. The van der Waals surface area contributed by atoms with Gasteiger partial charge in [0.1, 0.15) is 0 Å². The van der Waals surface area contributed by atoms with E-state index in [4.69, 9.17) is 0 Å². The third kappa shape index (κ3) is 3.63. The predicted octanol–water partition coefficient (Wildman–Crippen LogP) is 1.46. The highest BCUT2D eigenvalue weighted by Gasteiger charge is 2.48. The molecule has 0 aromatic heterocycles. The second kappa shape index (κ2) is 3.08. The minimum absolute atomic E-state index is 1.30. The van der Waals surface area contributed by atoms with Crippen molar-refractivity contribution in [1.82, 2.24) is 0 Å². The fourth-order valence-electron chi connectivity index (χ4n) is 0.307. The maximum absolute atomic E-state index is 11.7. The molecule has 76 valence electrons. The molecule has 0 N–H and O–H groups in total. The van der Waals surface area contributed by atoms with Gasteiger partial charge in [-0.3, -0.25) is 0 Å². The van der Waals surface area contributed by atoms with E-state index in [-0.39, 0.29) is 0 Å². The van der Waals surface area contributed by atoms with Crippen LogP contribution in [-0.4, -0.2) is 32.7 Å². The first kappa shape index (κ1) is 12.0. The Kier molecular flexibility index (Phi) is 3.09. The molecule has 12 heavy (non-hydrogen) atoms. The van der Waals surface area contributed by atoms with Gasteiger partial charge in [-0.05, 0) is 18.8 Å². The smallest absolute Gasteiger partial charge is 0.214 e. The molecule has 0 bridgehead atoms. The topological polar surface area (TPSA) is 43.4 Å². The molecular formula is C4H9F3O3S2. The average Bonchev–Trinajstić information content (AvgIpc) is 1.52. The van der Waals surface area contributed by atoms with Crippen LogP contribution in [0.3, 0.4) is 0 Å². The molecule has 0 unspecified atom stereocenters. The maximum Gasteiger partial charge on any atom is 0.523 e. The van der Waals surface area contributed by atoms with Gasteiger partial charge in [0.15, 0.2) is 0 Å². The summed E-state index contributed by atoms with van der Waals surface area (Å²) in [6.45, 7) is 0. The SMILES string of the molecule is CS(C)(C)OS(=O)(=O)C(F)(F)F. The van der Waals surface area contributed by atoms with Gasteiger partial charge in [0.05, 0.1) is 0 Å². The van der Waals surface area contributed by atoms with Gasteiger partial charge in [-0.1, -0.05) is 0 Å². The number of hydrogen-bond donors (Lipinski definition) is 0. The summed E-state index contributed by atoms with van der Waals surface area (Å²) in [7, 11) is -7.59. The number of rotatable bonds is 2. The van der Waals surface area contributed by atoms with Crippen molar-refractivity contribution in [2.75, 3.05) is 18.8 Å². The van der Waals surface area contributed by atoms with Crippen molar-refractivity contribution in [3.8, 4) is 0 Å². The lowest BCUT2D eigenvalue weighted by Gasteiger charge is -2.24. The van der Waals surface area contributed by atoms with Gasteiger partial charge < -0.3 is 0 Å². The first-order valence-electron chi connectivity index (χ1n) is 2.66. The fourth-order valence-corrected chi connectivity index (χ4v) is 2.77. The lowest BCUT2D eigenvalue weighted by atomic mass is 11.6. The number of alkyl halides is 3. The molecule has 0 saturated carbocycles. The Morgan fingerprint density at radius 3 is 1.50 bits per heavy atom. The second-order valence-corrected chi connectivity index (χ2v) is 8.06. The third-order valence-corrected chi connectivity index (χ3v) is 3.49. The Bertz CT molecular complexity index is 248. The lowest BCUT2D eigenvalue weighted by molar-refractivity contribution is -0.0495. The van der Waals surface area contributed by atoms with E-state index in [0.29, 0.717) is 0 Å². The summed E-state index contributed by atoms with van der Waals surface area (Å²) in [5.74, 6) is 0. The van der Waals surface area contributed by atoms with Gasteiger partial charge in [-0.2, -0.15) is 21.6 Å². The predicted molar refractivity (Wildman–Crippen MR) is 41.4 cm³/mol. The van der Waals surface area contributed by atoms with Crippen LogP contribution in [0.4, 0.5) is 13.2 Å². The maximum atomic E-state index is 11.7. The van der Waals surface area contributed by atoms with Crippen LogP contribution in [0, 0.1) is 0 Å². The molecule has 8 heteroatoms. The van der Waals surface area contributed by atoms with E-state index in [9.17, 15) is 21.6 Å². The van der Waals surface area contributed by atoms with E-state index in [1.54, 1.807) is 0 Å². The van der Waals surface area contributed by atoms with Gasteiger partial charge in [-0.15, -0.1) is 10.3 Å². The van der Waals surface area contributed by atoms with Crippen LogP contribution in [-0.2, 0) is 13.7 Å². The Morgan fingerprint density at radius 1 is 1.08 bits per heavy atom. The standard InChI is InChI=1S/C4H9F3O3S2/c1-11(2,3)10-12(8,9)4(5,6)7/h1-3H3. The van der Waals surface area contributed by atoms with Crippen LogP contribution in [0.25, 0.3) is 0 Å². The molecule has 0 heterocycles. The minimum Gasteiger partial charge on any atom is -0.214 e. The zero-order chi connectivity index (χ0) is 10.2. The van der Waals surface area contributed by atoms with Crippen LogP contribution in [0.15, 0.2) is 0 Å². The fraction of sp³-hybridized carbons (Fsp3) is 1.00. The van der Waals surface area contributed by atoms with Gasteiger partial charge >= 0.3 is 15.6 Å². The Balaban J connectivity index is 4.70. The third-order valence-electron chi connectivity index (χ3n) is 0.577. The average molecular weight is 226 g/mol. The van der Waals surface area contributed by atoms with Crippen LogP contribution >= 0.6 is 10.3 Å². The first-order valence-corrected chi connectivity index (χ1v) is 6.85. The molecule has 0 aromatic rings. The van der Waals surface area contributed by atoms with E-state index < -0.39 is 25.9 Å². The van der Waals surface area contributed by atoms with E-state index in [1.165, 1.54) is 18.8 Å². The van der Waals surface area contributed by atoms with Crippen LogP contribution < -0.4 is 0 Å². The molecule has 0 amide bonds. The summed E-state index contributed by atoms with van der Waals surface area (Å²) in [6, 6.07) is 0. The molecule has 0 spiro atoms. The van der Waals surface area contributed by atoms with Crippen molar-refractivity contribution in [2.45, 2.75) is 5.51 Å². The van der Waals surface area contributed by atoms with Gasteiger partial charge in [-0.25, -0.2) is 3.63 Å². The Hall–Kier alpha value is 0.0500. The van der Waals surface area contributed by atoms with Crippen molar-refractivity contribution >= 4 is 20.4 Å². The molecular weight excluding hydrogens is 217 g/mol. The first-order chi connectivity index (χ1) is 4.96. The molecule has 0 aliphatic heterocycles. The summed E-state index contributed by atoms with van der Waals surface area (Å²) < 4.78 is 59.6. The monoisotopic (exact) mass is 226 g/mol. The molecule has 0 saturated heterocycles. The van der Waals surface area contributed by atoms with Crippen molar-refractivity contribution in [3.63, 3.8) is 0 Å². The van der Waals surface area contributed by atoms with Crippen LogP contribution in [0.1, 0.15) is 0 Å². The normalized spacial score (nSPS) is 16.2. The Labute approximate surface area is 70.5 Å². The summed E-state index contributed by atoms with van der Waals surface area (Å²) in [4.78, 5) is 0. The molecule has 0 aromatic carbocycles. The molecule has 0 radical (unpaired) electrons. The van der Waals surface area contributed by atoms with Crippen molar-refractivity contribution in [2.24, 2.45) is 0 Å². The van der Waals surface area contributed by atoms with Crippen molar-refractivity contribution < 1.29 is 25.2 Å². The van der Waals surface area contributed by atoms with Crippen molar-refractivity contribution in [3.05, 3.63) is 0 Å². The van der Waals surface area contributed by atoms with Gasteiger partial charge in [0, 0.05) is 0 Å². The van der Waals surface area contributed by atoms with E-state index >= 15 is 0 Å². The zero-order valence-electron chi connectivity index (χ0n) is 6.68. The van der Waals surface area contributed by atoms with E-state index in [1.807, 2.05) is 0 Å². The summed E-state index contributed by atoms with van der Waals surface area (Å²) in [5.41, 5.74) is -5.33. The van der Waals surface area contributed by atoms with E-state index in [0.717, 1.165) is 0 Å². The van der Waals surface area contributed by atoms with Crippen molar-refractivity contribution in [1.29, 1.82) is 0 Å². The molecule has 3 nitrogen and oxygen atoms in total. The summed E-state index contributed by atoms with van der Waals surface area (Å²) in [6.07, 6.45) is 3.91. The molecule has 0 fully saturated rings. The molecule has 0 aliphatic carbocycles. The quantitative estimate of drug-likeness (QED) is 0.669. The molecule has 0 atom stereocenters. The summed E-state index contributed by atoms with van der Waals surface area (Å²) in [5, 5.41) is 0. The highest BCUT2D eigenvalue weighted by Crippen LogP contribution is 2.42. The number of hydrogen-bond acceptors (Lipinski definition) is 3. The second-order valence-electron chi connectivity index (χ2n) is 2.69. The minimum atomic E-state index is -5.42. The highest BCUT2D eigenvalue weighted by atomic mass is 32.3. The molecule has 0 rings (SSSR count). The zero-order valence-corrected chi connectivity index (χ0v) is 8.31. The van der Waals surface area contributed by atoms with Gasteiger partial charge in [0.2, 0.25) is 0 Å². The highest BCUT2D eigenvalue weighted by molar-refractivity contribution is 8.31. The number of halogens is 3.